The summed E-state index contributed by atoms with van der Waals surface area (Å²) in [6, 6.07) is 19.6. The molecule has 9 heteroatoms. The molecule has 182 valence electrons. The van der Waals surface area contributed by atoms with Crippen LogP contribution in [0.4, 0.5) is 4.39 Å². The zero-order valence-corrected chi connectivity index (χ0v) is 19.6. The summed E-state index contributed by atoms with van der Waals surface area (Å²) in [6.07, 6.45) is 0.835. The quantitative estimate of drug-likeness (QED) is 0.349. The summed E-state index contributed by atoms with van der Waals surface area (Å²) in [7, 11) is -3.63. The number of imide groups is 1. The van der Waals surface area contributed by atoms with Crippen LogP contribution in [0.5, 0.6) is 5.75 Å². The monoisotopic (exact) mass is 496 g/mol. The number of nitrogens with one attached hydrogen (secondary N) is 1. The van der Waals surface area contributed by atoms with E-state index in [0.29, 0.717) is 24.0 Å². The number of hydrogen-bond acceptors (Lipinski definition) is 5. The van der Waals surface area contributed by atoms with Gasteiger partial charge in [-0.05, 0) is 60.4 Å². The van der Waals surface area contributed by atoms with Crippen molar-refractivity contribution < 1.29 is 27.5 Å². The molecule has 2 N–H and O–H groups in total. The number of phenols is 1. The molecule has 1 aliphatic rings. The number of halogens is 1. The van der Waals surface area contributed by atoms with E-state index in [9.17, 15) is 27.5 Å². The van der Waals surface area contributed by atoms with E-state index in [1.165, 1.54) is 53.4 Å². The highest BCUT2D eigenvalue weighted by molar-refractivity contribution is 7.89. The molecule has 2 amide bonds. The molecule has 1 saturated heterocycles. The van der Waals surface area contributed by atoms with E-state index in [0.717, 1.165) is 0 Å². The fourth-order valence-corrected chi connectivity index (χ4v) is 5.35. The van der Waals surface area contributed by atoms with Gasteiger partial charge in [0.2, 0.25) is 21.8 Å². The zero-order chi connectivity index (χ0) is 25.0. The van der Waals surface area contributed by atoms with Crippen molar-refractivity contribution in [3.05, 3.63) is 95.8 Å². The molecule has 3 aromatic rings. The maximum atomic E-state index is 13.5. The van der Waals surface area contributed by atoms with Gasteiger partial charge in [-0.25, -0.2) is 17.5 Å². The van der Waals surface area contributed by atoms with Crippen LogP contribution in [-0.4, -0.2) is 43.3 Å². The largest absolute Gasteiger partial charge is 0.508 e. The molecular weight excluding hydrogens is 471 g/mol. The summed E-state index contributed by atoms with van der Waals surface area (Å²) in [5, 5.41) is 9.63. The van der Waals surface area contributed by atoms with Crippen LogP contribution in [0.3, 0.4) is 0 Å². The number of amides is 2. The maximum absolute atomic E-state index is 13.5. The van der Waals surface area contributed by atoms with Crippen LogP contribution < -0.4 is 4.72 Å². The molecule has 1 aliphatic heterocycles. The van der Waals surface area contributed by atoms with Gasteiger partial charge in [0.1, 0.15) is 11.6 Å². The number of aromatic hydroxyl groups is 1. The molecule has 1 heterocycles. The van der Waals surface area contributed by atoms with Gasteiger partial charge in [0.05, 0.1) is 16.7 Å². The predicted octanol–water partition coefficient (Wildman–Crippen LogP) is 3.53. The van der Waals surface area contributed by atoms with Crippen molar-refractivity contribution in [1.82, 2.24) is 9.62 Å². The summed E-state index contributed by atoms with van der Waals surface area (Å²) in [4.78, 5) is 28.0. The van der Waals surface area contributed by atoms with Gasteiger partial charge in [-0.2, -0.15) is 0 Å². The van der Waals surface area contributed by atoms with Crippen molar-refractivity contribution in [3.8, 4) is 5.75 Å². The lowest BCUT2D eigenvalue weighted by molar-refractivity contribution is -0.139. The lowest BCUT2D eigenvalue weighted by Crippen LogP contribution is -2.32. The van der Waals surface area contributed by atoms with Gasteiger partial charge in [-0.1, -0.05) is 42.5 Å². The topological polar surface area (TPSA) is 104 Å². The summed E-state index contributed by atoms with van der Waals surface area (Å²) < 4.78 is 40.7. The number of phenolic OH excluding ortho intramolecular Hbond substituents is 1. The Labute approximate surface area is 203 Å². The number of likely N-dealkylation sites (tertiary alicyclic amines) is 1. The average molecular weight is 497 g/mol. The third-order valence-electron chi connectivity index (χ3n) is 6.03. The first-order chi connectivity index (χ1) is 16.8. The Morgan fingerprint density at radius 1 is 0.800 bits per heavy atom. The van der Waals surface area contributed by atoms with Gasteiger partial charge in [0, 0.05) is 13.1 Å². The van der Waals surface area contributed by atoms with Gasteiger partial charge < -0.3 is 5.11 Å². The third-order valence-corrected chi connectivity index (χ3v) is 7.51. The SMILES string of the molecule is O=C1C(c2ccc(O)cc2)C(c2ccc(F)cc2)C(=O)N1CCCCNS(=O)(=O)c1ccccc1. The van der Waals surface area contributed by atoms with E-state index in [2.05, 4.69) is 4.72 Å². The minimum Gasteiger partial charge on any atom is -0.508 e. The summed E-state index contributed by atoms with van der Waals surface area (Å²) in [6.45, 7) is 0.299. The number of hydrogen-bond donors (Lipinski definition) is 2. The Bertz CT molecular complexity index is 1230. The molecule has 0 bridgehead atoms. The number of nitrogens with zero attached hydrogens (tertiary/aromatic N) is 1. The summed E-state index contributed by atoms with van der Waals surface area (Å²) in [5.41, 5.74) is 1.11. The fourth-order valence-electron chi connectivity index (χ4n) is 4.26. The van der Waals surface area contributed by atoms with E-state index < -0.39 is 27.7 Å². The van der Waals surface area contributed by atoms with Crippen molar-refractivity contribution in [1.29, 1.82) is 0 Å². The van der Waals surface area contributed by atoms with Gasteiger partial charge in [-0.3, -0.25) is 14.5 Å². The second kappa shape index (κ2) is 10.4. The molecule has 4 rings (SSSR count). The Hall–Kier alpha value is -3.56. The predicted molar refractivity (Wildman–Crippen MR) is 128 cm³/mol. The molecule has 1 fully saturated rings. The number of rotatable bonds is 9. The van der Waals surface area contributed by atoms with E-state index in [4.69, 9.17) is 0 Å². The molecule has 3 aromatic carbocycles. The Kier molecular flexibility index (Phi) is 7.28. The number of benzene rings is 3. The van der Waals surface area contributed by atoms with Gasteiger partial charge in [0.15, 0.2) is 0 Å². The normalized spacial score (nSPS) is 18.3. The number of carbonyl (C=O) groups excluding carboxylic acids is 2. The first-order valence-corrected chi connectivity index (χ1v) is 12.7. The number of unbranched alkanes of at least 4 members (excludes halogenated alkanes) is 1. The van der Waals surface area contributed by atoms with E-state index >= 15 is 0 Å². The van der Waals surface area contributed by atoms with Gasteiger partial charge >= 0.3 is 0 Å². The van der Waals surface area contributed by atoms with Crippen molar-refractivity contribution in [2.75, 3.05) is 13.1 Å². The van der Waals surface area contributed by atoms with E-state index in [1.54, 1.807) is 30.3 Å². The van der Waals surface area contributed by atoms with Crippen LogP contribution >= 0.6 is 0 Å². The zero-order valence-electron chi connectivity index (χ0n) is 18.8. The van der Waals surface area contributed by atoms with Crippen LogP contribution in [0, 0.1) is 5.82 Å². The summed E-state index contributed by atoms with van der Waals surface area (Å²) in [5.74, 6) is -2.78. The molecule has 0 aromatic heterocycles. The highest BCUT2D eigenvalue weighted by Crippen LogP contribution is 2.42. The lowest BCUT2D eigenvalue weighted by Gasteiger charge is -2.16. The highest BCUT2D eigenvalue weighted by Gasteiger charge is 2.48. The average Bonchev–Trinajstić information content (AvgIpc) is 3.10. The minimum absolute atomic E-state index is 0.0404. The van der Waals surface area contributed by atoms with Gasteiger partial charge in [-0.15, -0.1) is 0 Å². The standard InChI is InChI=1S/C26H25FN2O5S/c27-20-12-8-18(9-13-20)23-24(19-10-14-21(30)15-11-19)26(32)29(25(23)31)17-5-4-16-28-35(33,34)22-6-2-1-3-7-22/h1-3,6-15,23-24,28,30H,4-5,16-17H2. The van der Waals surface area contributed by atoms with Crippen molar-refractivity contribution >= 4 is 21.8 Å². The molecule has 2 unspecified atom stereocenters. The summed E-state index contributed by atoms with van der Waals surface area (Å²) >= 11 is 0. The Balaban J connectivity index is 1.45. The van der Waals surface area contributed by atoms with E-state index in [1.807, 2.05) is 0 Å². The minimum atomic E-state index is -3.63. The fraction of sp³-hybridized carbons (Fsp3) is 0.231. The van der Waals surface area contributed by atoms with Crippen LogP contribution in [0.2, 0.25) is 0 Å². The Morgan fingerprint density at radius 3 is 1.91 bits per heavy atom. The van der Waals surface area contributed by atoms with Crippen LogP contribution in [0.15, 0.2) is 83.8 Å². The van der Waals surface area contributed by atoms with Gasteiger partial charge in [0.25, 0.3) is 0 Å². The van der Waals surface area contributed by atoms with Crippen molar-refractivity contribution in [2.45, 2.75) is 29.6 Å². The second-order valence-electron chi connectivity index (χ2n) is 8.34. The second-order valence-corrected chi connectivity index (χ2v) is 10.1. The molecule has 2 atom stereocenters. The lowest BCUT2D eigenvalue weighted by atomic mass is 9.83. The van der Waals surface area contributed by atoms with E-state index in [-0.39, 0.29) is 35.5 Å². The molecule has 0 spiro atoms. The molecular formula is C26H25FN2O5S. The highest BCUT2D eigenvalue weighted by atomic mass is 32.2. The third kappa shape index (κ3) is 5.41. The smallest absolute Gasteiger partial charge is 0.240 e. The first kappa shape index (κ1) is 24.6. The molecule has 7 nitrogen and oxygen atoms in total. The molecule has 35 heavy (non-hydrogen) atoms. The molecule has 0 radical (unpaired) electrons. The van der Waals surface area contributed by atoms with Crippen LogP contribution in [-0.2, 0) is 19.6 Å². The number of carbonyl (C=O) groups is 2. The number of sulfonamides is 1. The Morgan fingerprint density at radius 2 is 1.34 bits per heavy atom. The van der Waals surface area contributed by atoms with Crippen LogP contribution in [0.1, 0.15) is 35.8 Å². The first-order valence-electron chi connectivity index (χ1n) is 11.2. The van der Waals surface area contributed by atoms with Crippen molar-refractivity contribution in [2.24, 2.45) is 0 Å². The van der Waals surface area contributed by atoms with Crippen LogP contribution in [0.25, 0.3) is 0 Å². The molecule has 0 saturated carbocycles. The van der Waals surface area contributed by atoms with Crippen molar-refractivity contribution in [3.63, 3.8) is 0 Å². The molecule has 0 aliphatic carbocycles. The maximum Gasteiger partial charge on any atom is 0.240 e.